The average molecular weight is 222 g/mol. The summed E-state index contributed by atoms with van der Waals surface area (Å²) in [6, 6.07) is 7.88. The number of rotatable bonds is 3. The Balaban J connectivity index is 2.05. The van der Waals surface area contributed by atoms with Gasteiger partial charge in [-0.3, -0.25) is 0 Å². The number of hydrogen-bond acceptors (Lipinski definition) is 2. The minimum atomic E-state index is 0.722. The number of aryl methyl sites for hydroxylation is 1. The van der Waals surface area contributed by atoms with E-state index in [4.69, 9.17) is 16.0 Å². The molecule has 0 spiro atoms. The summed E-state index contributed by atoms with van der Waals surface area (Å²) in [4.78, 5) is 0. The molecule has 0 amide bonds. The Bertz CT molecular complexity index is 437. The van der Waals surface area contributed by atoms with Crippen LogP contribution in [0, 0.1) is 6.92 Å². The highest BCUT2D eigenvalue weighted by molar-refractivity contribution is 6.33. The van der Waals surface area contributed by atoms with Crippen LogP contribution in [0.1, 0.15) is 11.1 Å². The molecule has 1 aromatic heterocycles. The molecule has 2 nitrogen and oxygen atoms in total. The predicted octanol–water partition coefficient (Wildman–Crippen LogP) is 3.85. The van der Waals surface area contributed by atoms with E-state index < -0.39 is 0 Å². The molecule has 1 aromatic carbocycles. The fourth-order valence-electron chi connectivity index (χ4n) is 1.35. The first-order valence-electron chi connectivity index (χ1n) is 4.77. The van der Waals surface area contributed by atoms with Crippen molar-refractivity contribution >= 4 is 17.3 Å². The van der Waals surface area contributed by atoms with Crippen molar-refractivity contribution in [2.24, 2.45) is 0 Å². The van der Waals surface area contributed by atoms with Gasteiger partial charge in [0.15, 0.2) is 0 Å². The van der Waals surface area contributed by atoms with Gasteiger partial charge in [0.1, 0.15) is 0 Å². The fraction of sp³-hybridized carbons (Fsp3) is 0.167. The molecule has 0 saturated heterocycles. The zero-order chi connectivity index (χ0) is 10.7. The lowest BCUT2D eigenvalue weighted by molar-refractivity contribution is 0.564. The topological polar surface area (TPSA) is 25.2 Å². The van der Waals surface area contributed by atoms with Crippen LogP contribution in [0.4, 0.5) is 5.69 Å². The van der Waals surface area contributed by atoms with Gasteiger partial charge in [-0.15, -0.1) is 0 Å². The van der Waals surface area contributed by atoms with E-state index in [2.05, 4.69) is 5.32 Å². The Morgan fingerprint density at radius 2 is 2.20 bits per heavy atom. The van der Waals surface area contributed by atoms with Crippen LogP contribution < -0.4 is 5.32 Å². The Morgan fingerprint density at radius 1 is 1.33 bits per heavy atom. The molecule has 2 rings (SSSR count). The van der Waals surface area contributed by atoms with Crippen LogP contribution in [0.3, 0.4) is 0 Å². The van der Waals surface area contributed by atoms with Crippen LogP contribution in [0.15, 0.2) is 41.2 Å². The Hall–Kier alpha value is -1.41. The first kappa shape index (κ1) is 10.1. The van der Waals surface area contributed by atoms with Gasteiger partial charge in [-0.25, -0.2) is 0 Å². The Kier molecular flexibility index (Phi) is 2.97. The monoisotopic (exact) mass is 221 g/mol. The van der Waals surface area contributed by atoms with Crippen molar-refractivity contribution in [1.29, 1.82) is 0 Å². The zero-order valence-electron chi connectivity index (χ0n) is 8.46. The molecular formula is C12H12ClNO. The summed E-state index contributed by atoms with van der Waals surface area (Å²) < 4.78 is 4.98. The highest BCUT2D eigenvalue weighted by atomic mass is 35.5. The normalized spacial score (nSPS) is 10.3. The van der Waals surface area contributed by atoms with Gasteiger partial charge < -0.3 is 9.73 Å². The van der Waals surface area contributed by atoms with Crippen molar-refractivity contribution in [3.05, 3.63) is 52.9 Å². The molecular weight excluding hydrogens is 210 g/mol. The van der Waals surface area contributed by atoms with E-state index in [1.54, 1.807) is 12.5 Å². The van der Waals surface area contributed by atoms with Gasteiger partial charge in [-0.05, 0) is 30.7 Å². The quantitative estimate of drug-likeness (QED) is 0.852. The summed E-state index contributed by atoms with van der Waals surface area (Å²) in [6.07, 6.45) is 3.38. The predicted molar refractivity (Wildman–Crippen MR) is 62.2 cm³/mol. The third-order valence-electron chi connectivity index (χ3n) is 2.19. The molecule has 0 saturated carbocycles. The molecule has 1 heterocycles. The molecule has 2 aromatic rings. The number of halogens is 1. The van der Waals surface area contributed by atoms with E-state index in [1.807, 2.05) is 31.2 Å². The second-order valence-electron chi connectivity index (χ2n) is 3.47. The molecule has 0 aliphatic carbocycles. The van der Waals surface area contributed by atoms with Crippen molar-refractivity contribution in [3.63, 3.8) is 0 Å². The molecule has 0 unspecified atom stereocenters. The number of nitrogens with one attached hydrogen (secondary N) is 1. The summed E-state index contributed by atoms with van der Waals surface area (Å²) in [6.45, 7) is 2.74. The number of hydrogen-bond donors (Lipinski definition) is 1. The minimum absolute atomic E-state index is 0.722. The molecule has 0 aliphatic rings. The Labute approximate surface area is 93.9 Å². The molecule has 0 radical (unpaired) electrons. The summed E-state index contributed by atoms with van der Waals surface area (Å²) in [5.74, 6) is 0. The van der Waals surface area contributed by atoms with Crippen LogP contribution in [0.5, 0.6) is 0 Å². The lowest BCUT2D eigenvalue weighted by atomic mass is 10.2. The maximum Gasteiger partial charge on any atom is 0.0952 e. The van der Waals surface area contributed by atoms with Gasteiger partial charge >= 0.3 is 0 Å². The third-order valence-corrected chi connectivity index (χ3v) is 2.50. The van der Waals surface area contributed by atoms with E-state index in [0.29, 0.717) is 0 Å². The van der Waals surface area contributed by atoms with Gasteiger partial charge in [0, 0.05) is 12.1 Å². The molecule has 15 heavy (non-hydrogen) atoms. The molecule has 0 atom stereocenters. The van der Waals surface area contributed by atoms with Crippen LogP contribution in [-0.2, 0) is 6.54 Å². The standard InChI is InChI=1S/C12H12ClNO/c1-9-2-3-12(11(13)6-9)14-7-10-4-5-15-8-10/h2-6,8,14H,7H2,1H3. The summed E-state index contributed by atoms with van der Waals surface area (Å²) >= 11 is 6.08. The maximum absolute atomic E-state index is 6.08. The number of furan rings is 1. The van der Waals surface area contributed by atoms with Crippen molar-refractivity contribution in [3.8, 4) is 0 Å². The highest BCUT2D eigenvalue weighted by Gasteiger charge is 2.00. The van der Waals surface area contributed by atoms with Gasteiger partial charge in [0.05, 0.1) is 23.2 Å². The van der Waals surface area contributed by atoms with E-state index in [0.717, 1.165) is 28.4 Å². The van der Waals surface area contributed by atoms with Gasteiger partial charge in [-0.1, -0.05) is 17.7 Å². The van der Waals surface area contributed by atoms with Crippen LogP contribution in [0.2, 0.25) is 5.02 Å². The summed E-state index contributed by atoms with van der Waals surface area (Å²) in [5.41, 5.74) is 3.21. The third kappa shape index (κ3) is 2.54. The number of benzene rings is 1. The maximum atomic E-state index is 6.08. The van der Waals surface area contributed by atoms with E-state index >= 15 is 0 Å². The molecule has 3 heteroatoms. The highest BCUT2D eigenvalue weighted by Crippen LogP contribution is 2.23. The van der Waals surface area contributed by atoms with Gasteiger partial charge in [0.2, 0.25) is 0 Å². The van der Waals surface area contributed by atoms with E-state index in [-0.39, 0.29) is 0 Å². The summed E-state index contributed by atoms with van der Waals surface area (Å²) in [5, 5.41) is 4.00. The fourth-order valence-corrected chi connectivity index (χ4v) is 1.66. The van der Waals surface area contributed by atoms with Crippen molar-refractivity contribution in [2.45, 2.75) is 13.5 Å². The van der Waals surface area contributed by atoms with Crippen LogP contribution in [0.25, 0.3) is 0 Å². The van der Waals surface area contributed by atoms with Gasteiger partial charge in [-0.2, -0.15) is 0 Å². The van der Waals surface area contributed by atoms with Crippen LogP contribution >= 0.6 is 11.6 Å². The van der Waals surface area contributed by atoms with Crippen LogP contribution in [-0.4, -0.2) is 0 Å². The molecule has 0 fully saturated rings. The molecule has 1 N–H and O–H groups in total. The Morgan fingerprint density at radius 3 is 2.87 bits per heavy atom. The second kappa shape index (κ2) is 4.41. The summed E-state index contributed by atoms with van der Waals surface area (Å²) in [7, 11) is 0. The largest absolute Gasteiger partial charge is 0.472 e. The first-order valence-corrected chi connectivity index (χ1v) is 5.14. The number of anilines is 1. The van der Waals surface area contributed by atoms with Crippen molar-refractivity contribution in [2.75, 3.05) is 5.32 Å². The van der Waals surface area contributed by atoms with Crippen molar-refractivity contribution < 1.29 is 4.42 Å². The lowest BCUT2D eigenvalue weighted by Gasteiger charge is -2.07. The van der Waals surface area contributed by atoms with E-state index in [1.165, 1.54) is 0 Å². The van der Waals surface area contributed by atoms with Crippen molar-refractivity contribution in [1.82, 2.24) is 0 Å². The molecule has 0 aliphatic heterocycles. The minimum Gasteiger partial charge on any atom is -0.472 e. The SMILES string of the molecule is Cc1ccc(NCc2ccoc2)c(Cl)c1. The van der Waals surface area contributed by atoms with Gasteiger partial charge in [0.25, 0.3) is 0 Å². The lowest BCUT2D eigenvalue weighted by Crippen LogP contribution is -1.98. The average Bonchev–Trinajstić information content (AvgIpc) is 2.69. The molecule has 0 bridgehead atoms. The second-order valence-corrected chi connectivity index (χ2v) is 3.88. The molecule has 78 valence electrons. The smallest absolute Gasteiger partial charge is 0.0952 e. The first-order chi connectivity index (χ1) is 7.25. The zero-order valence-corrected chi connectivity index (χ0v) is 9.21. The van der Waals surface area contributed by atoms with E-state index in [9.17, 15) is 0 Å².